The van der Waals surface area contributed by atoms with Crippen LogP contribution in [-0.2, 0) is 0 Å². The van der Waals surface area contributed by atoms with E-state index in [4.69, 9.17) is 0 Å². The van der Waals surface area contributed by atoms with Gasteiger partial charge in [0.05, 0.1) is 0 Å². The maximum absolute atomic E-state index is 13.3. The second-order valence-electron chi connectivity index (χ2n) is 3.66. The van der Waals surface area contributed by atoms with Crippen LogP contribution in [0.25, 0.3) is 0 Å². The average molecular weight is 188 g/mol. The van der Waals surface area contributed by atoms with Crippen molar-refractivity contribution < 1.29 is 4.39 Å². The normalized spacial score (nSPS) is 26.1. The molecule has 0 heterocycles. The van der Waals surface area contributed by atoms with Crippen LogP contribution >= 0.6 is 0 Å². The zero-order valence-corrected chi connectivity index (χ0v) is 8.04. The summed E-state index contributed by atoms with van der Waals surface area (Å²) in [5.74, 6) is 6.27. The van der Waals surface area contributed by atoms with E-state index in [1.165, 1.54) is 0 Å². The Kier molecular flexibility index (Phi) is 2.84. The van der Waals surface area contributed by atoms with Gasteiger partial charge in [0.2, 0.25) is 0 Å². The molecule has 0 radical (unpaired) electrons. The Balaban J connectivity index is 2.19. The van der Waals surface area contributed by atoms with Gasteiger partial charge in [0, 0.05) is 12.3 Å². The Bertz CT molecular complexity index is 344. The maximum Gasteiger partial charge on any atom is 0.103 e. The van der Waals surface area contributed by atoms with E-state index in [-0.39, 0.29) is 5.92 Å². The summed E-state index contributed by atoms with van der Waals surface area (Å²) >= 11 is 0. The fourth-order valence-electron chi connectivity index (χ4n) is 1.76. The summed E-state index contributed by atoms with van der Waals surface area (Å²) < 4.78 is 13.3. The largest absolute Gasteiger partial charge is 0.247 e. The fourth-order valence-corrected chi connectivity index (χ4v) is 1.76. The average Bonchev–Trinajstić information content (AvgIpc) is 2.44. The second-order valence-corrected chi connectivity index (χ2v) is 3.66. The number of alkyl halides is 1. The molecule has 14 heavy (non-hydrogen) atoms. The Morgan fingerprint density at radius 2 is 2.00 bits per heavy atom. The molecule has 0 saturated carbocycles. The van der Waals surface area contributed by atoms with Crippen molar-refractivity contribution in [2.24, 2.45) is 0 Å². The third-order valence-electron chi connectivity index (χ3n) is 2.55. The SMILES string of the molecule is FC1CCC#CC(c2ccccc2)C1. The van der Waals surface area contributed by atoms with Crippen LogP contribution in [-0.4, -0.2) is 6.17 Å². The molecule has 0 nitrogen and oxygen atoms in total. The highest BCUT2D eigenvalue weighted by Crippen LogP contribution is 2.25. The van der Waals surface area contributed by atoms with Gasteiger partial charge in [-0.05, 0) is 18.4 Å². The fraction of sp³-hybridized carbons (Fsp3) is 0.385. The smallest absolute Gasteiger partial charge is 0.103 e. The van der Waals surface area contributed by atoms with E-state index in [1.54, 1.807) is 0 Å². The third-order valence-corrected chi connectivity index (χ3v) is 2.55. The summed E-state index contributed by atoms with van der Waals surface area (Å²) in [7, 11) is 0. The minimum absolute atomic E-state index is 0.0914. The Morgan fingerprint density at radius 3 is 2.79 bits per heavy atom. The zero-order chi connectivity index (χ0) is 9.80. The molecule has 1 aliphatic carbocycles. The molecule has 0 fully saturated rings. The molecule has 0 aromatic heterocycles. The summed E-state index contributed by atoms with van der Waals surface area (Å²) in [4.78, 5) is 0. The summed E-state index contributed by atoms with van der Waals surface area (Å²) in [5.41, 5.74) is 1.14. The lowest BCUT2D eigenvalue weighted by atomic mass is 9.95. The van der Waals surface area contributed by atoms with Gasteiger partial charge in [-0.15, -0.1) is 5.92 Å². The van der Waals surface area contributed by atoms with Crippen molar-refractivity contribution >= 4 is 0 Å². The first-order valence-corrected chi connectivity index (χ1v) is 5.03. The molecule has 0 aliphatic heterocycles. The van der Waals surface area contributed by atoms with Gasteiger partial charge in [-0.2, -0.15) is 0 Å². The number of halogens is 1. The molecule has 0 bridgehead atoms. The van der Waals surface area contributed by atoms with E-state index in [2.05, 4.69) is 11.8 Å². The van der Waals surface area contributed by atoms with Gasteiger partial charge in [0.25, 0.3) is 0 Å². The van der Waals surface area contributed by atoms with E-state index in [0.29, 0.717) is 19.3 Å². The lowest BCUT2D eigenvalue weighted by Crippen LogP contribution is -2.04. The topological polar surface area (TPSA) is 0 Å². The highest BCUT2D eigenvalue weighted by molar-refractivity contribution is 5.28. The lowest BCUT2D eigenvalue weighted by Gasteiger charge is -2.11. The minimum Gasteiger partial charge on any atom is -0.247 e. The standard InChI is InChI=1S/C13H13F/c14-13-9-5-4-8-12(10-13)11-6-2-1-3-7-11/h1-3,6-7,12-13H,5,9-10H2. The molecule has 2 atom stereocenters. The van der Waals surface area contributed by atoms with E-state index in [1.807, 2.05) is 30.3 Å². The number of hydrogen-bond acceptors (Lipinski definition) is 0. The predicted molar refractivity (Wildman–Crippen MR) is 55.7 cm³/mol. The highest BCUT2D eigenvalue weighted by atomic mass is 19.1. The van der Waals surface area contributed by atoms with Crippen molar-refractivity contribution in [2.75, 3.05) is 0 Å². The van der Waals surface area contributed by atoms with Crippen molar-refractivity contribution in [1.29, 1.82) is 0 Å². The molecule has 1 aromatic rings. The van der Waals surface area contributed by atoms with Crippen LogP contribution in [0.1, 0.15) is 30.7 Å². The molecule has 1 aliphatic rings. The van der Waals surface area contributed by atoms with Gasteiger partial charge >= 0.3 is 0 Å². The molecule has 2 unspecified atom stereocenters. The van der Waals surface area contributed by atoms with Crippen LogP contribution in [0.15, 0.2) is 30.3 Å². The van der Waals surface area contributed by atoms with Gasteiger partial charge in [-0.25, -0.2) is 4.39 Å². The molecule has 72 valence electrons. The van der Waals surface area contributed by atoms with E-state index in [9.17, 15) is 4.39 Å². The molecule has 1 heteroatoms. The molecular weight excluding hydrogens is 175 g/mol. The number of benzene rings is 1. The summed E-state index contributed by atoms with van der Waals surface area (Å²) in [6, 6.07) is 9.99. The number of rotatable bonds is 1. The lowest BCUT2D eigenvalue weighted by molar-refractivity contribution is 0.295. The van der Waals surface area contributed by atoms with Crippen LogP contribution in [0.2, 0.25) is 0 Å². The summed E-state index contributed by atoms with van der Waals surface area (Å²) in [6.07, 6.45) is 1.14. The zero-order valence-electron chi connectivity index (χ0n) is 8.04. The molecule has 0 N–H and O–H groups in total. The third kappa shape index (κ3) is 2.14. The summed E-state index contributed by atoms with van der Waals surface area (Å²) in [5, 5.41) is 0. The predicted octanol–water partition coefficient (Wildman–Crippen LogP) is 3.30. The number of hydrogen-bond donors (Lipinski definition) is 0. The Labute approximate surface area is 84.1 Å². The quantitative estimate of drug-likeness (QED) is 0.593. The second kappa shape index (κ2) is 4.28. The van der Waals surface area contributed by atoms with E-state index >= 15 is 0 Å². The first-order chi connectivity index (χ1) is 6.86. The maximum atomic E-state index is 13.3. The Hall–Kier alpha value is -1.29. The molecular formula is C13H13F. The van der Waals surface area contributed by atoms with Crippen molar-refractivity contribution in [3.8, 4) is 11.8 Å². The van der Waals surface area contributed by atoms with Gasteiger partial charge in [-0.3, -0.25) is 0 Å². The van der Waals surface area contributed by atoms with Gasteiger partial charge in [-0.1, -0.05) is 36.3 Å². The van der Waals surface area contributed by atoms with Crippen molar-refractivity contribution in [3.63, 3.8) is 0 Å². The monoisotopic (exact) mass is 188 g/mol. The van der Waals surface area contributed by atoms with E-state index < -0.39 is 6.17 Å². The molecule has 0 spiro atoms. The Morgan fingerprint density at radius 1 is 1.21 bits per heavy atom. The van der Waals surface area contributed by atoms with Crippen LogP contribution in [0.4, 0.5) is 4.39 Å². The first-order valence-electron chi connectivity index (χ1n) is 5.03. The van der Waals surface area contributed by atoms with Crippen LogP contribution in [0.5, 0.6) is 0 Å². The minimum atomic E-state index is -0.706. The van der Waals surface area contributed by atoms with Crippen LogP contribution in [0, 0.1) is 11.8 Å². The van der Waals surface area contributed by atoms with E-state index in [0.717, 1.165) is 5.56 Å². The van der Waals surface area contributed by atoms with Gasteiger partial charge in [0.1, 0.15) is 6.17 Å². The van der Waals surface area contributed by atoms with Crippen LogP contribution in [0.3, 0.4) is 0 Å². The van der Waals surface area contributed by atoms with Crippen molar-refractivity contribution in [1.82, 2.24) is 0 Å². The van der Waals surface area contributed by atoms with Gasteiger partial charge < -0.3 is 0 Å². The molecule has 0 saturated heterocycles. The highest BCUT2D eigenvalue weighted by Gasteiger charge is 2.17. The van der Waals surface area contributed by atoms with Crippen molar-refractivity contribution in [2.45, 2.75) is 31.4 Å². The van der Waals surface area contributed by atoms with Crippen LogP contribution < -0.4 is 0 Å². The first kappa shape index (κ1) is 9.27. The molecule has 1 aromatic carbocycles. The van der Waals surface area contributed by atoms with Gasteiger partial charge in [0.15, 0.2) is 0 Å². The van der Waals surface area contributed by atoms with Crippen molar-refractivity contribution in [3.05, 3.63) is 35.9 Å². The molecule has 0 amide bonds. The molecule has 2 rings (SSSR count). The summed E-state index contributed by atoms with van der Waals surface area (Å²) in [6.45, 7) is 0.